The van der Waals surface area contributed by atoms with Crippen molar-refractivity contribution in [3.63, 3.8) is 0 Å². The predicted molar refractivity (Wildman–Crippen MR) is 82.0 cm³/mol. The van der Waals surface area contributed by atoms with Crippen LogP contribution in [0.2, 0.25) is 0 Å². The lowest BCUT2D eigenvalue weighted by Gasteiger charge is -2.26. The first-order valence-electron chi connectivity index (χ1n) is 7.55. The maximum absolute atomic E-state index is 11.7. The number of aromatic carboxylic acids is 1. The average molecular weight is 287 g/mol. The number of hydrogen-bond acceptors (Lipinski definition) is 3. The molecule has 1 N–H and O–H groups in total. The van der Waals surface area contributed by atoms with Gasteiger partial charge < -0.3 is 10.0 Å². The van der Waals surface area contributed by atoms with Crippen LogP contribution in [0.15, 0.2) is 24.4 Å². The smallest absolute Gasteiger partial charge is 0.356 e. The first-order chi connectivity index (χ1) is 10.1. The van der Waals surface area contributed by atoms with Gasteiger partial charge in [0.2, 0.25) is 0 Å². The van der Waals surface area contributed by atoms with Gasteiger partial charge in [-0.1, -0.05) is 19.9 Å². The fourth-order valence-electron chi connectivity index (χ4n) is 3.35. The van der Waals surface area contributed by atoms with Gasteiger partial charge in [0.25, 0.3) is 0 Å². The number of imidazole rings is 1. The third kappa shape index (κ3) is 2.17. The molecule has 0 unspecified atom stereocenters. The van der Waals surface area contributed by atoms with Crippen molar-refractivity contribution in [1.29, 1.82) is 0 Å². The number of hydrogen-bond donors (Lipinski definition) is 1. The summed E-state index contributed by atoms with van der Waals surface area (Å²) in [5, 5.41) is 9.57. The largest absolute Gasteiger partial charge is 0.476 e. The van der Waals surface area contributed by atoms with Gasteiger partial charge in [-0.3, -0.25) is 4.40 Å². The van der Waals surface area contributed by atoms with Crippen LogP contribution in [-0.2, 0) is 0 Å². The lowest BCUT2D eigenvalue weighted by Crippen LogP contribution is -2.27. The Morgan fingerprint density at radius 3 is 2.76 bits per heavy atom. The summed E-state index contributed by atoms with van der Waals surface area (Å²) >= 11 is 0. The molecule has 112 valence electrons. The summed E-state index contributed by atoms with van der Waals surface area (Å²) in [6.45, 7) is 6.21. The molecule has 0 atom stereocenters. The van der Waals surface area contributed by atoms with E-state index in [4.69, 9.17) is 0 Å². The highest BCUT2D eigenvalue weighted by molar-refractivity contribution is 5.93. The lowest BCUT2D eigenvalue weighted by atomic mass is 9.82. The van der Waals surface area contributed by atoms with Crippen LogP contribution in [0, 0.1) is 5.41 Å². The summed E-state index contributed by atoms with van der Waals surface area (Å²) < 4.78 is 1.66. The van der Waals surface area contributed by atoms with Crippen LogP contribution in [0.25, 0.3) is 5.65 Å². The summed E-state index contributed by atoms with van der Waals surface area (Å²) in [6, 6.07) is 5.56. The van der Waals surface area contributed by atoms with Crippen molar-refractivity contribution >= 4 is 17.4 Å². The van der Waals surface area contributed by atoms with Gasteiger partial charge in [0.15, 0.2) is 11.5 Å². The van der Waals surface area contributed by atoms with Gasteiger partial charge in [0, 0.05) is 19.3 Å². The van der Waals surface area contributed by atoms with E-state index < -0.39 is 5.97 Å². The maximum atomic E-state index is 11.7. The molecule has 0 aliphatic carbocycles. The van der Waals surface area contributed by atoms with E-state index in [-0.39, 0.29) is 5.69 Å². The van der Waals surface area contributed by atoms with E-state index in [1.54, 1.807) is 10.6 Å². The molecule has 3 heterocycles. The van der Waals surface area contributed by atoms with Gasteiger partial charge in [0.05, 0.1) is 0 Å². The number of carbonyl (C=O) groups is 1. The predicted octanol–water partition coefficient (Wildman–Crippen LogP) is 3.05. The van der Waals surface area contributed by atoms with Crippen molar-refractivity contribution in [2.45, 2.75) is 33.1 Å². The Morgan fingerprint density at radius 1 is 1.38 bits per heavy atom. The molecule has 21 heavy (non-hydrogen) atoms. The second-order valence-electron chi connectivity index (χ2n) is 5.90. The Morgan fingerprint density at radius 2 is 2.14 bits per heavy atom. The Labute approximate surface area is 124 Å². The lowest BCUT2D eigenvalue weighted by molar-refractivity contribution is 0.0690. The van der Waals surface area contributed by atoms with Crippen LogP contribution in [-0.4, -0.2) is 33.6 Å². The van der Waals surface area contributed by atoms with Gasteiger partial charge >= 0.3 is 5.97 Å². The third-order valence-corrected chi connectivity index (χ3v) is 4.95. The monoisotopic (exact) mass is 287 g/mol. The highest BCUT2D eigenvalue weighted by atomic mass is 16.4. The summed E-state index contributed by atoms with van der Waals surface area (Å²) in [5.41, 5.74) is 1.26. The van der Waals surface area contributed by atoms with Crippen LogP contribution in [0.4, 0.5) is 5.82 Å². The highest BCUT2D eigenvalue weighted by Crippen LogP contribution is 2.39. The van der Waals surface area contributed by atoms with E-state index in [2.05, 4.69) is 23.7 Å². The standard InChI is InChI=1S/C16H21N3O2/c1-3-16(4-2)8-10-18(11-16)14-13(15(20)21)19-9-6-5-7-12(19)17-14/h5-7,9H,3-4,8,10-11H2,1-2H3,(H,20,21). The number of aromatic nitrogens is 2. The molecule has 1 aliphatic rings. The van der Waals surface area contributed by atoms with E-state index in [0.29, 0.717) is 16.9 Å². The van der Waals surface area contributed by atoms with E-state index in [1.165, 1.54) is 0 Å². The molecule has 1 saturated heterocycles. The van der Waals surface area contributed by atoms with Crippen molar-refractivity contribution < 1.29 is 9.90 Å². The average Bonchev–Trinajstić information content (AvgIpc) is 3.09. The highest BCUT2D eigenvalue weighted by Gasteiger charge is 2.37. The van der Waals surface area contributed by atoms with Crippen molar-refractivity contribution in [1.82, 2.24) is 9.38 Å². The second kappa shape index (κ2) is 5.06. The fraction of sp³-hybridized carbons (Fsp3) is 0.500. The molecule has 3 rings (SSSR count). The molecule has 2 aromatic rings. The molecule has 0 saturated carbocycles. The number of carboxylic acids is 1. The molecule has 1 aliphatic heterocycles. The van der Waals surface area contributed by atoms with E-state index in [9.17, 15) is 9.90 Å². The zero-order chi connectivity index (χ0) is 15.0. The second-order valence-corrected chi connectivity index (χ2v) is 5.90. The van der Waals surface area contributed by atoms with Crippen molar-refractivity contribution in [2.75, 3.05) is 18.0 Å². The minimum Gasteiger partial charge on any atom is -0.476 e. The summed E-state index contributed by atoms with van der Waals surface area (Å²) in [6.07, 6.45) is 5.11. The van der Waals surface area contributed by atoms with Crippen molar-refractivity contribution in [3.05, 3.63) is 30.1 Å². The number of carboxylic acid groups (broad SMARTS) is 1. The molecule has 5 nitrogen and oxygen atoms in total. The molecule has 5 heteroatoms. The molecule has 2 aromatic heterocycles. The van der Waals surface area contributed by atoms with E-state index >= 15 is 0 Å². The molecule has 0 radical (unpaired) electrons. The Bertz CT molecular complexity index is 673. The first-order valence-corrected chi connectivity index (χ1v) is 7.55. The van der Waals surface area contributed by atoms with Crippen LogP contribution >= 0.6 is 0 Å². The first kappa shape index (κ1) is 13.9. The van der Waals surface area contributed by atoms with Crippen LogP contribution in [0.5, 0.6) is 0 Å². The summed E-state index contributed by atoms with van der Waals surface area (Å²) in [4.78, 5) is 18.4. The molecular weight excluding hydrogens is 266 g/mol. The summed E-state index contributed by atoms with van der Waals surface area (Å²) in [5.74, 6) is -0.313. The SMILES string of the molecule is CCC1(CC)CCN(c2nc3ccccn3c2C(=O)O)C1. The Hall–Kier alpha value is -2.04. The van der Waals surface area contributed by atoms with E-state index in [1.807, 2.05) is 18.2 Å². The zero-order valence-electron chi connectivity index (χ0n) is 12.5. The van der Waals surface area contributed by atoms with Crippen LogP contribution in [0.1, 0.15) is 43.6 Å². The number of anilines is 1. The number of pyridine rings is 1. The van der Waals surface area contributed by atoms with Gasteiger partial charge in [0.1, 0.15) is 5.65 Å². The molecule has 0 aromatic carbocycles. The van der Waals surface area contributed by atoms with Gasteiger partial charge in [-0.15, -0.1) is 0 Å². The molecule has 0 spiro atoms. The van der Waals surface area contributed by atoms with Gasteiger partial charge in [-0.05, 0) is 36.8 Å². The molecule has 0 amide bonds. The zero-order valence-corrected chi connectivity index (χ0v) is 12.5. The molecule has 1 fully saturated rings. The maximum Gasteiger partial charge on any atom is 0.356 e. The van der Waals surface area contributed by atoms with E-state index in [0.717, 1.165) is 32.4 Å². The van der Waals surface area contributed by atoms with Crippen molar-refractivity contribution in [3.8, 4) is 0 Å². The summed E-state index contributed by atoms with van der Waals surface area (Å²) in [7, 11) is 0. The Kier molecular flexibility index (Phi) is 3.35. The van der Waals surface area contributed by atoms with Crippen LogP contribution in [0.3, 0.4) is 0 Å². The normalized spacial score (nSPS) is 17.5. The third-order valence-electron chi connectivity index (χ3n) is 4.95. The van der Waals surface area contributed by atoms with Gasteiger partial charge in [-0.25, -0.2) is 9.78 Å². The topological polar surface area (TPSA) is 57.8 Å². The number of fused-ring (bicyclic) bond motifs is 1. The van der Waals surface area contributed by atoms with Gasteiger partial charge in [-0.2, -0.15) is 0 Å². The number of rotatable bonds is 4. The van der Waals surface area contributed by atoms with Crippen molar-refractivity contribution in [2.24, 2.45) is 5.41 Å². The molecule has 0 bridgehead atoms. The fourth-order valence-corrected chi connectivity index (χ4v) is 3.35. The number of nitrogens with zero attached hydrogens (tertiary/aromatic N) is 3. The minimum absolute atomic E-state index is 0.272. The Balaban J connectivity index is 2.05. The molecular formula is C16H21N3O2. The quantitative estimate of drug-likeness (QED) is 0.939. The van der Waals surface area contributed by atoms with Crippen LogP contribution < -0.4 is 4.90 Å². The minimum atomic E-state index is -0.922.